The van der Waals surface area contributed by atoms with Crippen LogP contribution in [0.5, 0.6) is 0 Å². The van der Waals surface area contributed by atoms with Crippen LogP contribution in [0.2, 0.25) is 0 Å². The number of fused-ring (bicyclic) bond motifs is 7. The Morgan fingerprint density at radius 2 is 1.02 bits per heavy atom. The molecule has 0 radical (unpaired) electrons. The lowest BCUT2D eigenvalue weighted by molar-refractivity contribution is 0.949. The van der Waals surface area contributed by atoms with Crippen LogP contribution in [0.3, 0.4) is 0 Å². The predicted octanol–water partition coefficient (Wildman–Crippen LogP) is 8.55. The summed E-state index contributed by atoms with van der Waals surface area (Å²) in [5.74, 6) is 0.424. The maximum Gasteiger partial charge on any atom is 0.355 e. The largest absolute Gasteiger partial charge is 0.355 e. The van der Waals surface area contributed by atoms with Crippen molar-refractivity contribution in [3.63, 3.8) is 0 Å². The first-order valence-corrected chi connectivity index (χ1v) is 13.6. The second-order valence-corrected chi connectivity index (χ2v) is 10.2. The zero-order valence-electron chi connectivity index (χ0n) is 22.0. The molecule has 4 nitrogen and oxygen atoms in total. The van der Waals surface area contributed by atoms with Crippen molar-refractivity contribution in [3.8, 4) is 33.6 Å². The van der Waals surface area contributed by atoms with Crippen molar-refractivity contribution in [1.29, 1.82) is 0 Å². The van der Waals surface area contributed by atoms with Gasteiger partial charge in [-0.1, -0.05) is 109 Å². The summed E-state index contributed by atoms with van der Waals surface area (Å²) in [7, 11) is 0. The number of pyridine rings is 1. The molecule has 0 aliphatic rings. The van der Waals surface area contributed by atoms with Crippen molar-refractivity contribution in [2.24, 2.45) is 0 Å². The van der Waals surface area contributed by atoms with Crippen LogP contribution in [-0.2, 0) is 0 Å². The number of benzene rings is 6. The SMILES string of the molecule is O=c1nc(-c2ccccc2)nc2c(-c3cccc(-c4ccc5c6ccccc6c6ccccc6c5c4)c3)cccn12. The van der Waals surface area contributed by atoms with Gasteiger partial charge in [0.1, 0.15) is 0 Å². The average molecular weight is 526 g/mol. The van der Waals surface area contributed by atoms with Gasteiger partial charge in [0, 0.05) is 17.3 Å². The number of nitrogens with zero attached hydrogens (tertiary/aromatic N) is 3. The Morgan fingerprint density at radius 3 is 1.76 bits per heavy atom. The predicted molar refractivity (Wildman–Crippen MR) is 168 cm³/mol. The van der Waals surface area contributed by atoms with E-state index in [2.05, 4.69) is 96.0 Å². The van der Waals surface area contributed by atoms with Gasteiger partial charge in [-0.25, -0.2) is 9.78 Å². The van der Waals surface area contributed by atoms with Crippen molar-refractivity contribution in [1.82, 2.24) is 14.4 Å². The lowest BCUT2D eigenvalue weighted by Gasteiger charge is -2.13. The highest BCUT2D eigenvalue weighted by Gasteiger charge is 2.13. The fraction of sp³-hybridized carbons (Fsp3) is 0. The molecule has 0 atom stereocenters. The van der Waals surface area contributed by atoms with E-state index in [-0.39, 0.29) is 5.69 Å². The maximum atomic E-state index is 13.0. The third-order valence-corrected chi connectivity index (χ3v) is 7.87. The van der Waals surface area contributed by atoms with E-state index >= 15 is 0 Å². The highest BCUT2D eigenvalue weighted by Crippen LogP contribution is 2.37. The molecule has 0 bridgehead atoms. The third-order valence-electron chi connectivity index (χ3n) is 7.87. The smallest absolute Gasteiger partial charge is 0.251 e. The van der Waals surface area contributed by atoms with Crippen molar-refractivity contribution < 1.29 is 0 Å². The van der Waals surface area contributed by atoms with Gasteiger partial charge in [0.25, 0.3) is 0 Å². The lowest BCUT2D eigenvalue weighted by Crippen LogP contribution is -2.19. The molecule has 0 aliphatic carbocycles. The Labute approximate surface area is 235 Å². The van der Waals surface area contributed by atoms with Crippen molar-refractivity contribution >= 4 is 38.0 Å². The van der Waals surface area contributed by atoms with Gasteiger partial charge < -0.3 is 0 Å². The molecule has 6 aromatic carbocycles. The van der Waals surface area contributed by atoms with Gasteiger partial charge in [-0.3, -0.25) is 4.40 Å². The summed E-state index contributed by atoms with van der Waals surface area (Å²) in [6.07, 6.45) is 1.72. The minimum Gasteiger partial charge on any atom is -0.251 e. The molecule has 0 N–H and O–H groups in total. The Bertz CT molecular complexity index is 2300. The van der Waals surface area contributed by atoms with Crippen molar-refractivity contribution in [2.45, 2.75) is 0 Å². The van der Waals surface area contributed by atoms with Crippen LogP contribution < -0.4 is 5.69 Å². The van der Waals surface area contributed by atoms with E-state index in [4.69, 9.17) is 4.98 Å². The molecule has 0 fully saturated rings. The minimum atomic E-state index is -0.347. The summed E-state index contributed by atoms with van der Waals surface area (Å²) in [6, 6.07) is 45.9. The number of aromatic nitrogens is 3. The van der Waals surface area contributed by atoms with Crippen LogP contribution in [-0.4, -0.2) is 14.4 Å². The number of rotatable bonds is 3. The van der Waals surface area contributed by atoms with Gasteiger partial charge in [0.15, 0.2) is 11.5 Å². The standard InChI is InChI=1S/C37H23N3O/c41-37-39-35(24-10-2-1-3-11-24)38-36-28(18-9-21-40(36)37)27-13-8-12-25(22-27)26-19-20-33-31-16-5-4-14-29(31)30-15-6-7-17-32(30)34(33)23-26/h1-23H. The molecule has 0 amide bonds. The summed E-state index contributed by atoms with van der Waals surface area (Å²) >= 11 is 0. The van der Waals surface area contributed by atoms with Crippen LogP contribution in [0.1, 0.15) is 0 Å². The molecule has 41 heavy (non-hydrogen) atoms. The van der Waals surface area contributed by atoms with Gasteiger partial charge in [-0.15, -0.1) is 0 Å². The van der Waals surface area contributed by atoms with E-state index in [0.29, 0.717) is 11.5 Å². The molecule has 8 rings (SSSR count). The van der Waals surface area contributed by atoms with Gasteiger partial charge in [-0.2, -0.15) is 4.98 Å². The van der Waals surface area contributed by atoms with Crippen LogP contribution in [0.25, 0.3) is 71.6 Å². The lowest BCUT2D eigenvalue weighted by atomic mass is 9.91. The van der Waals surface area contributed by atoms with E-state index in [1.54, 1.807) is 6.20 Å². The molecule has 2 aromatic heterocycles. The molecule has 2 heterocycles. The van der Waals surface area contributed by atoms with Crippen molar-refractivity contribution in [2.75, 3.05) is 0 Å². The zero-order valence-corrected chi connectivity index (χ0v) is 22.0. The number of hydrogen-bond donors (Lipinski definition) is 0. The monoisotopic (exact) mass is 525 g/mol. The molecular formula is C37H23N3O. The van der Waals surface area contributed by atoms with E-state index in [1.807, 2.05) is 42.5 Å². The summed E-state index contributed by atoms with van der Waals surface area (Å²) < 4.78 is 1.52. The molecule has 4 heteroatoms. The summed E-state index contributed by atoms with van der Waals surface area (Å²) in [4.78, 5) is 22.1. The van der Waals surface area contributed by atoms with Crippen LogP contribution >= 0.6 is 0 Å². The molecule has 0 unspecified atom stereocenters. The normalized spacial score (nSPS) is 11.5. The van der Waals surface area contributed by atoms with Gasteiger partial charge >= 0.3 is 5.69 Å². The Morgan fingerprint density at radius 1 is 0.439 bits per heavy atom. The highest BCUT2D eigenvalue weighted by atomic mass is 16.1. The quantitative estimate of drug-likeness (QED) is 0.217. The Hall–Kier alpha value is -5.61. The molecule has 0 saturated carbocycles. The molecule has 192 valence electrons. The van der Waals surface area contributed by atoms with E-state index in [9.17, 15) is 4.79 Å². The second-order valence-electron chi connectivity index (χ2n) is 10.2. The van der Waals surface area contributed by atoms with Gasteiger partial charge in [0.2, 0.25) is 0 Å². The highest BCUT2D eigenvalue weighted by molar-refractivity contribution is 6.25. The molecule has 0 aliphatic heterocycles. The van der Waals surface area contributed by atoms with Crippen LogP contribution in [0.15, 0.2) is 144 Å². The van der Waals surface area contributed by atoms with Crippen LogP contribution in [0.4, 0.5) is 0 Å². The first-order valence-electron chi connectivity index (χ1n) is 13.6. The average Bonchev–Trinajstić information content (AvgIpc) is 3.05. The summed E-state index contributed by atoms with van der Waals surface area (Å²) in [5, 5.41) is 7.52. The van der Waals surface area contributed by atoms with Gasteiger partial charge in [-0.05, 0) is 73.3 Å². The zero-order chi connectivity index (χ0) is 27.3. The van der Waals surface area contributed by atoms with Crippen molar-refractivity contribution in [3.05, 3.63) is 150 Å². The van der Waals surface area contributed by atoms with E-state index < -0.39 is 0 Å². The van der Waals surface area contributed by atoms with E-state index in [1.165, 1.54) is 36.7 Å². The minimum absolute atomic E-state index is 0.347. The van der Waals surface area contributed by atoms with E-state index in [0.717, 1.165) is 27.8 Å². The Kier molecular flexibility index (Phi) is 5.25. The maximum absolute atomic E-state index is 13.0. The molecule has 8 aromatic rings. The fourth-order valence-electron chi connectivity index (χ4n) is 5.93. The summed E-state index contributed by atoms with van der Waals surface area (Å²) in [6.45, 7) is 0. The number of hydrogen-bond acceptors (Lipinski definition) is 3. The topological polar surface area (TPSA) is 47.3 Å². The second kappa shape index (κ2) is 9.25. The molecular weight excluding hydrogens is 502 g/mol. The molecule has 0 spiro atoms. The van der Waals surface area contributed by atoms with Crippen LogP contribution in [0, 0.1) is 0 Å². The fourth-order valence-corrected chi connectivity index (χ4v) is 5.93. The summed E-state index contributed by atoms with van der Waals surface area (Å²) in [5.41, 5.74) is 5.15. The first-order chi connectivity index (χ1) is 20.2. The molecule has 0 saturated heterocycles. The first kappa shape index (κ1) is 23.3. The Balaban J connectivity index is 1.31. The van der Waals surface area contributed by atoms with Gasteiger partial charge in [0.05, 0.1) is 0 Å². The third kappa shape index (κ3) is 3.80.